The first-order valence-electron chi connectivity index (χ1n) is 10.6. The second-order valence-corrected chi connectivity index (χ2v) is 8.55. The summed E-state index contributed by atoms with van der Waals surface area (Å²) in [6.07, 6.45) is 1.22. The van der Waals surface area contributed by atoms with Gasteiger partial charge in [-0.2, -0.15) is 4.99 Å². The molecule has 13 heteroatoms. The number of benzene rings is 3. The van der Waals surface area contributed by atoms with Gasteiger partial charge in [-0.25, -0.2) is 18.4 Å². The highest BCUT2D eigenvalue weighted by atomic mass is 32.2. The van der Waals surface area contributed by atoms with E-state index in [1.807, 2.05) is 0 Å². The molecule has 3 rings (SSSR count). The van der Waals surface area contributed by atoms with Crippen molar-refractivity contribution in [2.45, 2.75) is 11.8 Å². The predicted octanol–water partition coefficient (Wildman–Crippen LogP) is 4.48. The van der Waals surface area contributed by atoms with Crippen LogP contribution in [0.1, 0.15) is 33.2 Å². The molecule has 10 nitrogen and oxygen atoms in total. The van der Waals surface area contributed by atoms with Crippen LogP contribution in [0.4, 0.5) is 14.5 Å². The number of hydrogen-bond donors (Lipinski definition) is 5. The standard InChI is InChI=1S/C25H20F2N4O6S/c1-12(22(32)30-25(28)29)6-13-7-19(26)21(20(27)8-13)37-17-2-4-18(5-3-17)38-31-16-10-14(23(33)34)9-15(11-16)24(35)36/h2-11,31H,1H3,(H,33,34)(H,35,36)(H4,28,29,30,32)/b12-6+. The molecule has 1 amide bonds. The molecule has 0 saturated heterocycles. The molecule has 3 aromatic carbocycles. The van der Waals surface area contributed by atoms with Crippen molar-refractivity contribution < 1.29 is 38.1 Å². The highest BCUT2D eigenvalue weighted by Gasteiger charge is 2.15. The van der Waals surface area contributed by atoms with E-state index in [0.29, 0.717) is 4.90 Å². The Morgan fingerprint density at radius 3 is 2.00 bits per heavy atom. The van der Waals surface area contributed by atoms with Crippen LogP contribution in [0.2, 0.25) is 0 Å². The fourth-order valence-electron chi connectivity index (χ4n) is 3.02. The number of aromatic carboxylic acids is 2. The Labute approximate surface area is 218 Å². The van der Waals surface area contributed by atoms with Gasteiger partial charge < -0.3 is 31.1 Å². The van der Waals surface area contributed by atoms with Crippen molar-refractivity contribution in [3.8, 4) is 11.5 Å². The third-order valence-corrected chi connectivity index (χ3v) is 5.57. The van der Waals surface area contributed by atoms with Crippen molar-refractivity contribution in [3.63, 3.8) is 0 Å². The molecule has 0 fully saturated rings. The Kier molecular flexibility index (Phi) is 8.65. The number of aliphatic imine (C=N–C) groups is 1. The first-order chi connectivity index (χ1) is 17.9. The summed E-state index contributed by atoms with van der Waals surface area (Å²) in [4.78, 5) is 38.2. The van der Waals surface area contributed by atoms with Crippen LogP contribution in [0.3, 0.4) is 0 Å². The average Bonchev–Trinajstić information content (AvgIpc) is 2.85. The van der Waals surface area contributed by atoms with E-state index in [2.05, 4.69) is 9.71 Å². The van der Waals surface area contributed by atoms with Gasteiger partial charge in [0.1, 0.15) is 5.75 Å². The number of carboxylic acid groups (broad SMARTS) is 2. The summed E-state index contributed by atoms with van der Waals surface area (Å²) in [5.41, 5.74) is 10.3. The number of nitrogens with two attached hydrogens (primary N) is 2. The molecule has 0 atom stereocenters. The molecule has 0 spiro atoms. The number of carbonyl (C=O) groups excluding carboxylic acids is 1. The highest BCUT2D eigenvalue weighted by Crippen LogP contribution is 2.31. The normalized spacial score (nSPS) is 11.0. The van der Waals surface area contributed by atoms with Gasteiger partial charge in [0, 0.05) is 16.2 Å². The maximum Gasteiger partial charge on any atom is 0.335 e. The molecule has 0 saturated carbocycles. The van der Waals surface area contributed by atoms with Crippen LogP contribution >= 0.6 is 11.9 Å². The van der Waals surface area contributed by atoms with Gasteiger partial charge in [-0.15, -0.1) is 0 Å². The van der Waals surface area contributed by atoms with Crippen molar-refractivity contribution in [1.82, 2.24) is 0 Å². The number of anilines is 1. The average molecular weight is 543 g/mol. The summed E-state index contributed by atoms with van der Waals surface area (Å²) < 4.78 is 37.4. The number of carbonyl (C=O) groups is 3. The lowest BCUT2D eigenvalue weighted by molar-refractivity contribution is -0.114. The molecular weight excluding hydrogens is 522 g/mol. The van der Waals surface area contributed by atoms with E-state index >= 15 is 0 Å². The summed E-state index contributed by atoms with van der Waals surface area (Å²) in [6.45, 7) is 1.39. The van der Waals surface area contributed by atoms with Gasteiger partial charge in [-0.05, 0) is 85.1 Å². The minimum absolute atomic E-state index is 0.0554. The molecule has 0 aliphatic rings. The monoisotopic (exact) mass is 542 g/mol. The predicted molar refractivity (Wildman–Crippen MR) is 137 cm³/mol. The quantitative estimate of drug-likeness (QED) is 0.112. The first kappa shape index (κ1) is 27.7. The zero-order valence-corrected chi connectivity index (χ0v) is 20.4. The van der Waals surface area contributed by atoms with Crippen molar-refractivity contribution in [2.24, 2.45) is 16.5 Å². The van der Waals surface area contributed by atoms with Gasteiger partial charge in [-0.3, -0.25) is 4.79 Å². The van der Waals surface area contributed by atoms with Crippen molar-refractivity contribution in [2.75, 3.05) is 4.72 Å². The zero-order chi connectivity index (χ0) is 28.0. The fraction of sp³-hybridized carbons (Fsp3) is 0.0400. The molecule has 0 aromatic heterocycles. The van der Waals surface area contributed by atoms with E-state index in [-0.39, 0.29) is 33.7 Å². The maximum atomic E-state index is 14.6. The van der Waals surface area contributed by atoms with Crippen LogP contribution < -0.4 is 20.9 Å². The Balaban J connectivity index is 1.71. The van der Waals surface area contributed by atoms with Crippen LogP contribution in [0, 0.1) is 11.6 Å². The van der Waals surface area contributed by atoms with Crippen LogP contribution in [0.15, 0.2) is 70.1 Å². The van der Waals surface area contributed by atoms with E-state index in [9.17, 15) is 33.4 Å². The summed E-state index contributed by atoms with van der Waals surface area (Å²) in [5.74, 6) is -6.30. The number of rotatable bonds is 9. The number of amides is 1. The molecular formula is C25H20F2N4O6S. The lowest BCUT2D eigenvalue weighted by Crippen LogP contribution is -2.24. The fourth-order valence-corrected chi connectivity index (χ4v) is 3.65. The number of carboxylic acids is 2. The highest BCUT2D eigenvalue weighted by molar-refractivity contribution is 8.00. The van der Waals surface area contributed by atoms with Gasteiger partial charge in [-0.1, -0.05) is 0 Å². The molecule has 0 radical (unpaired) electrons. The Bertz CT molecular complexity index is 1420. The second kappa shape index (κ2) is 11.9. The number of halogens is 2. The molecule has 3 aromatic rings. The van der Waals surface area contributed by atoms with E-state index in [1.165, 1.54) is 37.3 Å². The SMILES string of the molecule is C/C(=C\c1cc(F)c(Oc2ccc(SNc3cc(C(=O)O)cc(C(=O)O)c3)cc2)c(F)c1)C(=O)N=C(N)N. The zero-order valence-electron chi connectivity index (χ0n) is 19.6. The third-order valence-electron chi connectivity index (χ3n) is 4.73. The first-order valence-corrected chi connectivity index (χ1v) is 11.4. The van der Waals surface area contributed by atoms with Gasteiger partial charge >= 0.3 is 11.9 Å². The number of hydrogen-bond acceptors (Lipinski definition) is 6. The molecule has 0 aliphatic heterocycles. The summed E-state index contributed by atoms with van der Waals surface area (Å²) in [7, 11) is 0. The maximum absolute atomic E-state index is 14.6. The van der Waals surface area contributed by atoms with Crippen LogP contribution in [0.25, 0.3) is 6.08 Å². The van der Waals surface area contributed by atoms with Gasteiger partial charge in [0.05, 0.1) is 11.1 Å². The number of guanidine groups is 1. The van der Waals surface area contributed by atoms with Gasteiger partial charge in [0.2, 0.25) is 0 Å². The van der Waals surface area contributed by atoms with E-state index < -0.39 is 41.2 Å². The molecule has 7 N–H and O–H groups in total. The molecule has 0 unspecified atom stereocenters. The Hall–Kier alpha value is -4.91. The number of nitrogens with one attached hydrogen (secondary N) is 1. The Morgan fingerprint density at radius 1 is 0.947 bits per heavy atom. The summed E-state index contributed by atoms with van der Waals surface area (Å²) in [5, 5.41) is 18.3. The van der Waals surface area contributed by atoms with E-state index in [4.69, 9.17) is 16.2 Å². The molecule has 0 aliphatic carbocycles. The van der Waals surface area contributed by atoms with Gasteiger partial charge in [0.15, 0.2) is 23.3 Å². The van der Waals surface area contributed by atoms with Crippen LogP contribution in [-0.2, 0) is 4.79 Å². The number of nitrogens with zero attached hydrogens (tertiary/aromatic N) is 1. The smallest absolute Gasteiger partial charge is 0.335 e. The minimum atomic E-state index is -1.28. The summed E-state index contributed by atoms with van der Waals surface area (Å²) in [6, 6.07) is 11.6. The second-order valence-electron chi connectivity index (χ2n) is 7.67. The van der Waals surface area contributed by atoms with Crippen molar-refractivity contribution >= 4 is 47.5 Å². The molecule has 0 heterocycles. The van der Waals surface area contributed by atoms with E-state index in [1.54, 1.807) is 12.1 Å². The van der Waals surface area contributed by atoms with Crippen LogP contribution in [-0.4, -0.2) is 34.0 Å². The van der Waals surface area contributed by atoms with Crippen molar-refractivity contribution in [3.05, 3.63) is 88.5 Å². The Morgan fingerprint density at radius 2 is 1.50 bits per heavy atom. The van der Waals surface area contributed by atoms with Crippen molar-refractivity contribution in [1.29, 1.82) is 0 Å². The lowest BCUT2D eigenvalue weighted by atomic mass is 10.1. The topological polar surface area (TPSA) is 177 Å². The number of ether oxygens (including phenoxy) is 1. The minimum Gasteiger partial charge on any atom is -0.478 e. The third kappa shape index (κ3) is 7.30. The largest absolute Gasteiger partial charge is 0.478 e. The summed E-state index contributed by atoms with van der Waals surface area (Å²) >= 11 is 1.05. The molecule has 0 bridgehead atoms. The molecule has 196 valence electrons. The molecule has 38 heavy (non-hydrogen) atoms. The van der Waals surface area contributed by atoms with Crippen LogP contribution in [0.5, 0.6) is 11.5 Å². The van der Waals surface area contributed by atoms with Gasteiger partial charge in [0.25, 0.3) is 5.91 Å². The van der Waals surface area contributed by atoms with E-state index in [0.717, 1.165) is 30.1 Å². The lowest BCUT2D eigenvalue weighted by Gasteiger charge is -2.11.